The minimum absolute atomic E-state index is 0.301. The molecule has 0 aliphatic heterocycles. The predicted molar refractivity (Wildman–Crippen MR) is 56.3 cm³/mol. The Bertz CT molecular complexity index is 351. The molecule has 0 aliphatic carbocycles. The third kappa shape index (κ3) is 2.62. The first-order chi connectivity index (χ1) is 6.67. The van der Waals surface area contributed by atoms with E-state index >= 15 is 0 Å². The fourth-order valence-electron chi connectivity index (χ4n) is 1.34. The lowest BCUT2D eigenvalue weighted by Crippen LogP contribution is -2.21. The lowest BCUT2D eigenvalue weighted by molar-refractivity contribution is 0.170. The first kappa shape index (κ1) is 10.8. The summed E-state index contributed by atoms with van der Waals surface area (Å²) >= 11 is 0. The van der Waals surface area contributed by atoms with E-state index < -0.39 is 0 Å². The zero-order valence-corrected chi connectivity index (χ0v) is 9.07. The largest absolute Gasteiger partial charge is 0.427 e. The number of hydrogen-bond acceptors (Lipinski definition) is 2. The van der Waals surface area contributed by atoms with Crippen molar-refractivity contribution in [1.29, 1.82) is 0 Å². The summed E-state index contributed by atoms with van der Waals surface area (Å²) in [6.45, 7) is 6.20. The molecule has 0 saturated carbocycles. The highest BCUT2D eigenvalue weighted by atomic mass is 16.5. The van der Waals surface area contributed by atoms with Gasteiger partial charge in [-0.1, -0.05) is 13.8 Å². The lowest BCUT2D eigenvalue weighted by atomic mass is 10.2. The standard InChI is InChI=1S/C11H18N2O/c1-4-10(5-2)12-11-8-9(3)6-7-13(11)14/h6-8,10,14H,4-5H2,1-3H3. The molecule has 1 N–H and O–H groups in total. The molecule has 0 amide bonds. The van der Waals surface area contributed by atoms with Crippen molar-refractivity contribution in [2.75, 3.05) is 0 Å². The smallest absolute Gasteiger partial charge is 0.163 e. The molecule has 0 unspecified atom stereocenters. The van der Waals surface area contributed by atoms with Gasteiger partial charge in [0.1, 0.15) is 0 Å². The monoisotopic (exact) mass is 194 g/mol. The maximum atomic E-state index is 9.50. The van der Waals surface area contributed by atoms with Crippen LogP contribution in [0.5, 0.6) is 0 Å². The van der Waals surface area contributed by atoms with E-state index in [0.717, 1.165) is 23.1 Å². The first-order valence-corrected chi connectivity index (χ1v) is 5.09. The van der Waals surface area contributed by atoms with Crippen LogP contribution in [0.2, 0.25) is 0 Å². The van der Waals surface area contributed by atoms with Gasteiger partial charge in [-0.2, -0.15) is 4.73 Å². The molecule has 0 bridgehead atoms. The van der Waals surface area contributed by atoms with Crippen molar-refractivity contribution in [2.45, 2.75) is 39.7 Å². The maximum Gasteiger partial charge on any atom is 0.163 e. The zero-order chi connectivity index (χ0) is 10.6. The third-order valence-electron chi connectivity index (χ3n) is 2.33. The van der Waals surface area contributed by atoms with Crippen molar-refractivity contribution >= 4 is 0 Å². The van der Waals surface area contributed by atoms with Crippen molar-refractivity contribution < 1.29 is 5.21 Å². The van der Waals surface area contributed by atoms with E-state index in [-0.39, 0.29) is 0 Å². The van der Waals surface area contributed by atoms with Crippen LogP contribution in [-0.2, 0) is 0 Å². The van der Waals surface area contributed by atoms with Crippen LogP contribution < -0.4 is 5.49 Å². The van der Waals surface area contributed by atoms with Gasteiger partial charge in [0.25, 0.3) is 0 Å². The second kappa shape index (κ2) is 4.84. The van der Waals surface area contributed by atoms with Gasteiger partial charge >= 0.3 is 0 Å². The van der Waals surface area contributed by atoms with Gasteiger partial charge in [-0.3, -0.25) is 4.99 Å². The van der Waals surface area contributed by atoms with E-state index in [4.69, 9.17) is 0 Å². The number of pyridine rings is 1. The quantitative estimate of drug-likeness (QED) is 0.735. The van der Waals surface area contributed by atoms with Gasteiger partial charge in [0.05, 0.1) is 6.04 Å². The van der Waals surface area contributed by atoms with Gasteiger partial charge in [-0.25, -0.2) is 0 Å². The Kier molecular flexibility index (Phi) is 3.74. The number of aryl methyl sites for hydroxylation is 1. The molecule has 0 aromatic carbocycles. The highest BCUT2D eigenvalue weighted by Crippen LogP contribution is 2.00. The molecule has 0 fully saturated rings. The molecule has 1 aromatic rings. The minimum Gasteiger partial charge on any atom is -0.427 e. The molecule has 0 radical (unpaired) electrons. The number of rotatable bonds is 3. The fraction of sp³-hybridized carbons (Fsp3) is 0.545. The molecule has 14 heavy (non-hydrogen) atoms. The Morgan fingerprint density at radius 3 is 2.64 bits per heavy atom. The van der Waals surface area contributed by atoms with Crippen LogP contribution in [0.15, 0.2) is 23.3 Å². The number of aromatic nitrogens is 1. The Hall–Kier alpha value is -1.25. The minimum atomic E-state index is 0.301. The zero-order valence-electron chi connectivity index (χ0n) is 9.07. The van der Waals surface area contributed by atoms with Gasteiger partial charge in [-0.05, 0) is 37.5 Å². The maximum absolute atomic E-state index is 9.50. The molecule has 0 saturated heterocycles. The molecule has 0 atom stereocenters. The summed E-state index contributed by atoms with van der Waals surface area (Å²) in [5.74, 6) is 0. The Balaban J connectivity index is 3.09. The van der Waals surface area contributed by atoms with Crippen LogP contribution in [-0.4, -0.2) is 16.0 Å². The summed E-state index contributed by atoms with van der Waals surface area (Å²) < 4.78 is 1.07. The van der Waals surface area contributed by atoms with Crippen molar-refractivity contribution in [3.63, 3.8) is 0 Å². The van der Waals surface area contributed by atoms with E-state index in [2.05, 4.69) is 18.8 Å². The summed E-state index contributed by atoms with van der Waals surface area (Å²) in [4.78, 5) is 4.47. The molecule has 78 valence electrons. The Morgan fingerprint density at radius 2 is 2.07 bits per heavy atom. The van der Waals surface area contributed by atoms with Crippen molar-refractivity contribution in [3.05, 3.63) is 29.4 Å². The van der Waals surface area contributed by atoms with E-state index in [9.17, 15) is 5.21 Å². The molecule has 1 rings (SSSR count). The summed E-state index contributed by atoms with van der Waals surface area (Å²) in [6, 6.07) is 4.04. The normalized spacial score (nSPS) is 12.4. The van der Waals surface area contributed by atoms with Crippen LogP contribution in [0.3, 0.4) is 0 Å². The lowest BCUT2D eigenvalue weighted by Gasteiger charge is -2.06. The molecule has 1 aromatic heterocycles. The first-order valence-electron chi connectivity index (χ1n) is 5.09. The topological polar surface area (TPSA) is 37.5 Å². The van der Waals surface area contributed by atoms with Crippen LogP contribution >= 0.6 is 0 Å². The molecular formula is C11H18N2O. The fourth-order valence-corrected chi connectivity index (χ4v) is 1.34. The van der Waals surface area contributed by atoms with Crippen molar-refractivity contribution in [2.24, 2.45) is 4.99 Å². The molecule has 3 nitrogen and oxygen atoms in total. The molecule has 0 spiro atoms. The molecule has 1 heterocycles. The average molecular weight is 194 g/mol. The van der Waals surface area contributed by atoms with Crippen LogP contribution in [0.1, 0.15) is 32.3 Å². The van der Waals surface area contributed by atoms with Gasteiger partial charge in [-0.15, -0.1) is 0 Å². The Labute approximate surface area is 84.7 Å². The van der Waals surface area contributed by atoms with Crippen LogP contribution in [0, 0.1) is 6.92 Å². The van der Waals surface area contributed by atoms with E-state index in [1.165, 1.54) is 0 Å². The summed E-state index contributed by atoms with van der Waals surface area (Å²) in [7, 11) is 0. The van der Waals surface area contributed by atoms with Crippen molar-refractivity contribution in [3.8, 4) is 0 Å². The molecular weight excluding hydrogens is 176 g/mol. The average Bonchev–Trinajstić information content (AvgIpc) is 2.19. The summed E-state index contributed by atoms with van der Waals surface area (Å²) in [5.41, 5.74) is 1.75. The highest BCUT2D eigenvalue weighted by Gasteiger charge is 2.00. The van der Waals surface area contributed by atoms with Crippen LogP contribution in [0.4, 0.5) is 0 Å². The highest BCUT2D eigenvalue weighted by molar-refractivity contribution is 5.06. The van der Waals surface area contributed by atoms with Crippen molar-refractivity contribution in [1.82, 2.24) is 4.73 Å². The predicted octanol–water partition coefficient (Wildman–Crippen LogP) is 2.12. The van der Waals surface area contributed by atoms with E-state index in [1.807, 2.05) is 19.1 Å². The Morgan fingerprint density at radius 1 is 1.43 bits per heavy atom. The number of hydrogen-bond donors (Lipinski definition) is 1. The van der Waals surface area contributed by atoms with E-state index in [1.54, 1.807) is 6.20 Å². The molecule has 0 aliphatic rings. The molecule has 3 heteroatoms. The van der Waals surface area contributed by atoms with E-state index in [0.29, 0.717) is 11.5 Å². The van der Waals surface area contributed by atoms with Gasteiger partial charge in [0.15, 0.2) is 5.49 Å². The third-order valence-corrected chi connectivity index (χ3v) is 2.33. The summed E-state index contributed by atoms with van der Waals surface area (Å²) in [5, 5.41) is 9.50. The van der Waals surface area contributed by atoms with Crippen LogP contribution in [0.25, 0.3) is 0 Å². The SMILES string of the molecule is CCC(CC)N=c1cc(C)ccn1O. The van der Waals surface area contributed by atoms with Gasteiger partial charge < -0.3 is 5.21 Å². The second-order valence-electron chi connectivity index (χ2n) is 3.51. The second-order valence-corrected chi connectivity index (χ2v) is 3.51. The number of nitrogens with zero attached hydrogens (tertiary/aromatic N) is 2. The van der Waals surface area contributed by atoms with Gasteiger partial charge in [0.2, 0.25) is 0 Å². The van der Waals surface area contributed by atoms with Gasteiger partial charge in [0, 0.05) is 6.20 Å². The summed E-state index contributed by atoms with van der Waals surface area (Å²) in [6.07, 6.45) is 3.63.